The molecule has 0 spiro atoms. The van der Waals surface area contributed by atoms with Gasteiger partial charge in [-0.1, -0.05) is 11.6 Å². The fourth-order valence-electron chi connectivity index (χ4n) is 1.61. The Morgan fingerprint density at radius 3 is 2.37 bits per heavy atom. The normalized spacial score (nSPS) is 10.1. The molecule has 2 rings (SSSR count). The fraction of sp³-hybridized carbons (Fsp3) is 0.231. The molecule has 1 heterocycles. The summed E-state index contributed by atoms with van der Waals surface area (Å²) < 4.78 is 15.5. The summed E-state index contributed by atoms with van der Waals surface area (Å²) in [6.45, 7) is 0. The van der Waals surface area contributed by atoms with Crippen LogP contribution < -0.4 is 14.2 Å². The van der Waals surface area contributed by atoms with Gasteiger partial charge >= 0.3 is 0 Å². The minimum Gasteiger partial charge on any atom is -0.497 e. The van der Waals surface area contributed by atoms with Crippen LogP contribution in [-0.4, -0.2) is 31.3 Å². The molecule has 0 bridgehead atoms. The predicted octanol–water partition coefficient (Wildman–Crippen LogP) is 2.82. The number of ether oxygens (including phenoxy) is 3. The summed E-state index contributed by atoms with van der Waals surface area (Å²) in [5.74, 6) is 2.12. The Balaban J connectivity index is 2.54. The van der Waals surface area contributed by atoms with Crippen LogP contribution in [0.15, 0.2) is 24.3 Å². The lowest BCUT2D eigenvalue weighted by Gasteiger charge is -2.10. The van der Waals surface area contributed by atoms with Crippen molar-refractivity contribution < 1.29 is 14.2 Å². The number of benzene rings is 1. The van der Waals surface area contributed by atoms with Crippen molar-refractivity contribution in [1.29, 1.82) is 0 Å². The summed E-state index contributed by atoms with van der Waals surface area (Å²) in [5, 5.41) is 0.305. The monoisotopic (exact) mass is 280 g/mol. The van der Waals surface area contributed by atoms with Gasteiger partial charge in [-0.25, -0.2) is 4.98 Å². The highest BCUT2D eigenvalue weighted by atomic mass is 35.5. The first-order chi connectivity index (χ1) is 9.17. The summed E-state index contributed by atoms with van der Waals surface area (Å²) in [7, 11) is 4.68. The third-order valence-corrected chi connectivity index (χ3v) is 2.72. The Bertz CT molecular complexity index is 590. The smallest absolute Gasteiger partial charge is 0.218 e. The van der Waals surface area contributed by atoms with E-state index in [-0.39, 0.29) is 0 Å². The van der Waals surface area contributed by atoms with Crippen molar-refractivity contribution in [3.63, 3.8) is 0 Å². The SMILES string of the molecule is COc1ccc(-c2nc(Cl)cc(OC)n2)c(OC)c1. The standard InChI is InChI=1S/C13H13ClN2O3/c1-17-8-4-5-9(10(6-8)18-2)13-15-11(14)7-12(16-13)19-3/h4-7H,1-3H3. The average molecular weight is 281 g/mol. The lowest BCUT2D eigenvalue weighted by Crippen LogP contribution is -1.97. The third kappa shape index (κ3) is 2.88. The number of methoxy groups -OCH3 is 3. The van der Waals surface area contributed by atoms with E-state index in [1.165, 1.54) is 7.11 Å². The first-order valence-corrected chi connectivity index (χ1v) is 5.86. The second kappa shape index (κ2) is 5.75. The van der Waals surface area contributed by atoms with E-state index in [1.807, 2.05) is 6.07 Å². The van der Waals surface area contributed by atoms with E-state index in [1.54, 1.807) is 32.4 Å². The molecule has 1 aromatic carbocycles. The van der Waals surface area contributed by atoms with Gasteiger partial charge in [0.25, 0.3) is 0 Å². The van der Waals surface area contributed by atoms with E-state index < -0.39 is 0 Å². The number of rotatable bonds is 4. The molecule has 0 fully saturated rings. The maximum atomic E-state index is 5.94. The van der Waals surface area contributed by atoms with Crippen molar-refractivity contribution in [2.24, 2.45) is 0 Å². The molecule has 0 aliphatic rings. The molecular formula is C13H13ClN2O3. The number of hydrogen-bond acceptors (Lipinski definition) is 5. The summed E-state index contributed by atoms with van der Waals surface area (Å²) >= 11 is 5.94. The maximum Gasteiger partial charge on any atom is 0.218 e. The summed E-state index contributed by atoms with van der Waals surface area (Å²) in [5.41, 5.74) is 0.712. The Hall–Kier alpha value is -2.01. The molecule has 19 heavy (non-hydrogen) atoms. The Kier molecular flexibility index (Phi) is 4.06. The van der Waals surface area contributed by atoms with Gasteiger partial charge in [0.1, 0.15) is 16.7 Å². The number of nitrogens with zero attached hydrogens (tertiary/aromatic N) is 2. The first-order valence-electron chi connectivity index (χ1n) is 5.49. The second-order valence-electron chi connectivity index (χ2n) is 3.62. The molecule has 0 radical (unpaired) electrons. The molecule has 5 nitrogen and oxygen atoms in total. The Labute approximate surface area is 116 Å². The average Bonchev–Trinajstić information content (AvgIpc) is 2.45. The minimum atomic E-state index is 0.305. The summed E-state index contributed by atoms with van der Waals surface area (Å²) in [6.07, 6.45) is 0. The van der Waals surface area contributed by atoms with Crippen molar-refractivity contribution in [3.05, 3.63) is 29.4 Å². The molecule has 0 unspecified atom stereocenters. The minimum absolute atomic E-state index is 0.305. The highest BCUT2D eigenvalue weighted by molar-refractivity contribution is 6.29. The van der Waals surface area contributed by atoms with Crippen LogP contribution in [0.25, 0.3) is 11.4 Å². The Morgan fingerprint density at radius 1 is 0.947 bits per heavy atom. The summed E-state index contributed by atoms with van der Waals surface area (Å²) in [6, 6.07) is 6.91. The molecule has 0 saturated carbocycles. The second-order valence-corrected chi connectivity index (χ2v) is 4.01. The van der Waals surface area contributed by atoms with Crippen LogP contribution in [0.4, 0.5) is 0 Å². The molecule has 1 aromatic heterocycles. The van der Waals surface area contributed by atoms with Gasteiger partial charge in [0.05, 0.1) is 26.9 Å². The highest BCUT2D eigenvalue weighted by Gasteiger charge is 2.12. The molecule has 2 aromatic rings. The highest BCUT2D eigenvalue weighted by Crippen LogP contribution is 2.32. The van der Waals surface area contributed by atoms with Crippen LogP contribution in [-0.2, 0) is 0 Å². The van der Waals surface area contributed by atoms with Crippen LogP contribution in [0.2, 0.25) is 5.15 Å². The molecule has 0 N–H and O–H groups in total. The van der Waals surface area contributed by atoms with Crippen molar-refractivity contribution >= 4 is 11.6 Å². The summed E-state index contributed by atoms with van der Waals surface area (Å²) in [4.78, 5) is 8.42. The molecule has 0 aliphatic heterocycles. The van der Waals surface area contributed by atoms with E-state index in [2.05, 4.69) is 9.97 Å². The van der Waals surface area contributed by atoms with Gasteiger partial charge in [0.15, 0.2) is 5.82 Å². The van der Waals surface area contributed by atoms with Gasteiger partial charge < -0.3 is 14.2 Å². The molecule has 6 heteroatoms. The van der Waals surface area contributed by atoms with Crippen molar-refractivity contribution in [1.82, 2.24) is 9.97 Å². The van der Waals surface area contributed by atoms with Gasteiger partial charge in [-0.2, -0.15) is 4.98 Å². The van der Waals surface area contributed by atoms with Crippen molar-refractivity contribution in [2.75, 3.05) is 21.3 Å². The van der Waals surface area contributed by atoms with Crippen LogP contribution in [0, 0.1) is 0 Å². The number of hydrogen-bond donors (Lipinski definition) is 0. The zero-order valence-electron chi connectivity index (χ0n) is 10.8. The molecule has 0 aliphatic carbocycles. The lowest BCUT2D eigenvalue weighted by molar-refractivity contribution is 0.393. The van der Waals surface area contributed by atoms with Crippen molar-refractivity contribution in [3.8, 4) is 28.8 Å². The number of aromatic nitrogens is 2. The molecule has 0 saturated heterocycles. The largest absolute Gasteiger partial charge is 0.497 e. The zero-order valence-corrected chi connectivity index (χ0v) is 11.6. The quantitative estimate of drug-likeness (QED) is 0.806. The molecular weight excluding hydrogens is 268 g/mol. The van der Waals surface area contributed by atoms with Crippen LogP contribution in [0.3, 0.4) is 0 Å². The molecule has 0 amide bonds. The van der Waals surface area contributed by atoms with E-state index in [9.17, 15) is 0 Å². The molecule has 0 atom stereocenters. The lowest BCUT2D eigenvalue weighted by atomic mass is 10.1. The van der Waals surface area contributed by atoms with E-state index in [0.29, 0.717) is 33.9 Å². The zero-order chi connectivity index (χ0) is 13.8. The van der Waals surface area contributed by atoms with E-state index in [0.717, 1.165) is 0 Å². The van der Waals surface area contributed by atoms with Gasteiger partial charge in [0.2, 0.25) is 5.88 Å². The van der Waals surface area contributed by atoms with Gasteiger partial charge in [-0.3, -0.25) is 0 Å². The molecule has 100 valence electrons. The van der Waals surface area contributed by atoms with E-state index in [4.69, 9.17) is 25.8 Å². The third-order valence-electron chi connectivity index (χ3n) is 2.53. The number of halogens is 1. The van der Waals surface area contributed by atoms with E-state index >= 15 is 0 Å². The van der Waals surface area contributed by atoms with Gasteiger partial charge in [-0.15, -0.1) is 0 Å². The van der Waals surface area contributed by atoms with Crippen molar-refractivity contribution in [2.45, 2.75) is 0 Å². The van der Waals surface area contributed by atoms with Crippen LogP contribution in [0.5, 0.6) is 17.4 Å². The topological polar surface area (TPSA) is 53.5 Å². The first kappa shape index (κ1) is 13.4. The Morgan fingerprint density at radius 2 is 1.74 bits per heavy atom. The predicted molar refractivity (Wildman–Crippen MR) is 72.1 cm³/mol. The van der Waals surface area contributed by atoms with Gasteiger partial charge in [-0.05, 0) is 12.1 Å². The van der Waals surface area contributed by atoms with Crippen LogP contribution >= 0.6 is 11.6 Å². The van der Waals surface area contributed by atoms with Gasteiger partial charge in [0, 0.05) is 12.1 Å². The maximum absolute atomic E-state index is 5.94. The van der Waals surface area contributed by atoms with Crippen LogP contribution in [0.1, 0.15) is 0 Å². The fourth-order valence-corrected chi connectivity index (χ4v) is 1.78.